The molecule has 0 heterocycles. The summed E-state index contributed by atoms with van der Waals surface area (Å²) in [5.74, 6) is -0.263. The Morgan fingerprint density at radius 3 is 2.30 bits per heavy atom. The maximum atomic E-state index is 11.7. The van der Waals surface area contributed by atoms with E-state index >= 15 is 0 Å². The van der Waals surface area contributed by atoms with Crippen LogP contribution in [0.15, 0.2) is 24.3 Å². The molecule has 0 saturated heterocycles. The molecule has 1 rings (SSSR count). The first-order valence-electron chi connectivity index (χ1n) is 6.53. The van der Waals surface area contributed by atoms with Crippen LogP contribution in [-0.4, -0.2) is 23.2 Å². The molecule has 1 aromatic rings. The lowest BCUT2D eigenvalue weighted by Crippen LogP contribution is -2.41. The normalized spacial score (nSPS) is 11.8. The van der Waals surface area contributed by atoms with Crippen molar-refractivity contribution in [1.82, 2.24) is 5.32 Å². The predicted octanol–water partition coefficient (Wildman–Crippen LogP) is 3.67. The van der Waals surface area contributed by atoms with Crippen molar-refractivity contribution in [2.75, 3.05) is 6.54 Å². The number of benzene rings is 1. The third-order valence-corrected chi connectivity index (χ3v) is 3.66. The van der Waals surface area contributed by atoms with Crippen molar-refractivity contribution in [3.8, 4) is 0 Å². The highest BCUT2D eigenvalue weighted by Gasteiger charge is 2.22. The fraction of sp³-hybridized carbons (Fsp3) is 0.400. The summed E-state index contributed by atoms with van der Waals surface area (Å²) in [5.41, 5.74) is -0.0954. The minimum atomic E-state index is -0.844. The molecule has 5 heteroatoms. The van der Waals surface area contributed by atoms with Gasteiger partial charge in [0.2, 0.25) is 5.91 Å². The zero-order valence-corrected chi connectivity index (χ0v) is 13.1. The predicted molar refractivity (Wildman–Crippen MR) is 84.0 cm³/mol. The molecule has 110 valence electrons. The number of halogens is 2. The van der Waals surface area contributed by atoms with E-state index < -0.39 is 5.60 Å². The molecule has 0 unspecified atom stereocenters. The second-order valence-electron chi connectivity index (χ2n) is 4.69. The number of amides is 1. The summed E-state index contributed by atoms with van der Waals surface area (Å²) in [6.45, 7) is 4.01. The molecule has 0 atom stereocenters. The molecule has 0 aromatic heterocycles. The topological polar surface area (TPSA) is 49.3 Å². The van der Waals surface area contributed by atoms with Crippen molar-refractivity contribution in [3.05, 3.63) is 39.9 Å². The second-order valence-corrected chi connectivity index (χ2v) is 5.56. The van der Waals surface area contributed by atoms with Gasteiger partial charge in [0.05, 0.1) is 5.60 Å². The molecule has 0 aliphatic rings. The molecule has 2 N–H and O–H groups in total. The Hall–Kier alpha value is -1.03. The van der Waals surface area contributed by atoms with Gasteiger partial charge in [0.1, 0.15) is 0 Å². The van der Waals surface area contributed by atoms with Crippen molar-refractivity contribution in [2.45, 2.75) is 32.3 Å². The molecule has 0 saturated carbocycles. The number of carbonyl (C=O) groups excluding carboxylic acids is 1. The van der Waals surface area contributed by atoms with Crippen molar-refractivity contribution in [2.24, 2.45) is 0 Å². The molecular formula is C15H19Cl2NO2. The zero-order valence-electron chi connectivity index (χ0n) is 11.6. The molecule has 0 fully saturated rings. The van der Waals surface area contributed by atoms with Crippen LogP contribution in [-0.2, 0) is 4.79 Å². The first kappa shape index (κ1) is 17.0. The summed E-state index contributed by atoms with van der Waals surface area (Å²) < 4.78 is 0. The number of nitrogens with one attached hydrogen (secondary N) is 1. The van der Waals surface area contributed by atoms with Crippen LogP contribution in [0.25, 0.3) is 6.08 Å². The van der Waals surface area contributed by atoms with Gasteiger partial charge in [-0.15, -0.1) is 0 Å². The van der Waals surface area contributed by atoms with Crippen LogP contribution in [0.1, 0.15) is 32.3 Å². The molecule has 1 amide bonds. The minimum Gasteiger partial charge on any atom is -0.388 e. The van der Waals surface area contributed by atoms with Gasteiger partial charge in [-0.25, -0.2) is 0 Å². The van der Waals surface area contributed by atoms with E-state index in [2.05, 4.69) is 5.32 Å². The van der Waals surface area contributed by atoms with Gasteiger partial charge in [-0.1, -0.05) is 37.0 Å². The van der Waals surface area contributed by atoms with Gasteiger partial charge in [0, 0.05) is 22.7 Å². The molecular weight excluding hydrogens is 297 g/mol. The smallest absolute Gasteiger partial charge is 0.244 e. The molecule has 0 bridgehead atoms. The number of hydrogen-bond donors (Lipinski definition) is 2. The van der Waals surface area contributed by atoms with Crippen molar-refractivity contribution >= 4 is 35.2 Å². The maximum absolute atomic E-state index is 11.7. The van der Waals surface area contributed by atoms with Gasteiger partial charge in [-0.05, 0) is 42.7 Å². The third-order valence-electron chi connectivity index (χ3n) is 3.22. The molecule has 20 heavy (non-hydrogen) atoms. The number of hydrogen-bond acceptors (Lipinski definition) is 2. The highest BCUT2D eigenvalue weighted by Crippen LogP contribution is 2.19. The van der Waals surface area contributed by atoms with E-state index in [1.165, 1.54) is 6.08 Å². The Morgan fingerprint density at radius 1 is 1.25 bits per heavy atom. The van der Waals surface area contributed by atoms with E-state index in [1.807, 2.05) is 13.8 Å². The summed E-state index contributed by atoms with van der Waals surface area (Å²) in [6.07, 6.45) is 4.21. The molecule has 0 aliphatic heterocycles. The lowest BCUT2D eigenvalue weighted by molar-refractivity contribution is -0.117. The monoisotopic (exact) mass is 315 g/mol. The van der Waals surface area contributed by atoms with Gasteiger partial charge in [-0.2, -0.15) is 0 Å². The number of aliphatic hydroxyl groups is 1. The first-order chi connectivity index (χ1) is 9.38. The third kappa shape index (κ3) is 5.53. The Kier molecular flexibility index (Phi) is 6.53. The summed E-state index contributed by atoms with van der Waals surface area (Å²) in [5, 5.41) is 13.8. The number of rotatable bonds is 6. The van der Waals surface area contributed by atoms with E-state index in [9.17, 15) is 9.90 Å². The van der Waals surface area contributed by atoms with Gasteiger partial charge in [0.15, 0.2) is 0 Å². The maximum Gasteiger partial charge on any atom is 0.244 e. The number of carbonyl (C=O) groups is 1. The van der Waals surface area contributed by atoms with Gasteiger partial charge >= 0.3 is 0 Å². The summed E-state index contributed by atoms with van der Waals surface area (Å²) in [6, 6.07) is 5.06. The second kappa shape index (κ2) is 7.67. The fourth-order valence-corrected chi connectivity index (χ4v) is 2.20. The molecule has 0 spiro atoms. The first-order valence-corrected chi connectivity index (χ1v) is 7.28. The van der Waals surface area contributed by atoms with Crippen molar-refractivity contribution < 1.29 is 9.90 Å². The zero-order chi connectivity index (χ0) is 15.2. The quantitative estimate of drug-likeness (QED) is 0.787. The van der Waals surface area contributed by atoms with E-state index in [0.717, 1.165) is 5.56 Å². The average Bonchev–Trinajstić information content (AvgIpc) is 2.41. The highest BCUT2D eigenvalue weighted by atomic mass is 35.5. The van der Waals surface area contributed by atoms with Gasteiger partial charge in [-0.3, -0.25) is 4.79 Å². The van der Waals surface area contributed by atoms with E-state index in [4.69, 9.17) is 23.2 Å². The highest BCUT2D eigenvalue weighted by molar-refractivity contribution is 6.34. The standard InChI is InChI=1S/C15H19Cl2NO2/c1-3-15(20,4-2)10-18-14(19)6-5-11-7-12(16)9-13(17)8-11/h5-9,20H,3-4,10H2,1-2H3,(H,18,19). The molecule has 0 radical (unpaired) electrons. The molecule has 1 aromatic carbocycles. The molecule has 3 nitrogen and oxygen atoms in total. The summed E-state index contributed by atoms with van der Waals surface area (Å²) in [7, 11) is 0. The van der Waals surface area contributed by atoms with Crippen LogP contribution >= 0.6 is 23.2 Å². The lowest BCUT2D eigenvalue weighted by Gasteiger charge is -2.24. The van der Waals surface area contributed by atoms with Crippen LogP contribution < -0.4 is 5.32 Å². The van der Waals surface area contributed by atoms with Crippen LogP contribution in [0.3, 0.4) is 0 Å². The minimum absolute atomic E-state index is 0.236. The van der Waals surface area contributed by atoms with E-state index in [1.54, 1.807) is 24.3 Å². The van der Waals surface area contributed by atoms with E-state index in [-0.39, 0.29) is 12.5 Å². The van der Waals surface area contributed by atoms with Crippen LogP contribution in [0, 0.1) is 0 Å². The van der Waals surface area contributed by atoms with Gasteiger partial charge in [0.25, 0.3) is 0 Å². The van der Waals surface area contributed by atoms with Gasteiger partial charge < -0.3 is 10.4 Å². The van der Waals surface area contributed by atoms with Crippen LogP contribution in [0.2, 0.25) is 10.0 Å². The van der Waals surface area contributed by atoms with Crippen LogP contribution in [0.5, 0.6) is 0 Å². The summed E-state index contributed by atoms with van der Waals surface area (Å²) in [4.78, 5) is 11.7. The largest absolute Gasteiger partial charge is 0.388 e. The Balaban J connectivity index is 2.60. The fourth-order valence-electron chi connectivity index (χ4n) is 1.65. The summed E-state index contributed by atoms with van der Waals surface area (Å²) >= 11 is 11.7. The Morgan fingerprint density at radius 2 is 1.80 bits per heavy atom. The molecule has 0 aliphatic carbocycles. The Bertz CT molecular complexity index is 476. The lowest BCUT2D eigenvalue weighted by atomic mass is 9.98. The van der Waals surface area contributed by atoms with E-state index in [0.29, 0.717) is 22.9 Å². The average molecular weight is 316 g/mol. The SMILES string of the molecule is CCC(O)(CC)CNC(=O)C=Cc1cc(Cl)cc(Cl)c1. The van der Waals surface area contributed by atoms with Crippen molar-refractivity contribution in [1.29, 1.82) is 0 Å². The Labute approximate surface area is 129 Å². The van der Waals surface area contributed by atoms with Crippen LogP contribution in [0.4, 0.5) is 0 Å². The van der Waals surface area contributed by atoms with Crippen molar-refractivity contribution in [3.63, 3.8) is 0 Å².